The summed E-state index contributed by atoms with van der Waals surface area (Å²) < 4.78 is 0. The van der Waals surface area contributed by atoms with Gasteiger partial charge in [0.1, 0.15) is 48.3 Å². The van der Waals surface area contributed by atoms with Crippen LogP contribution in [0.2, 0.25) is 0 Å². The van der Waals surface area contributed by atoms with Crippen LogP contribution in [-0.2, 0) is 49.6 Å². The van der Waals surface area contributed by atoms with E-state index in [-0.39, 0.29) is 31.1 Å². The highest BCUT2D eigenvalue weighted by Crippen LogP contribution is 2.17. The Hall–Kier alpha value is -5.55. The quantitative estimate of drug-likeness (QED) is 0.0919. The highest BCUT2D eigenvalue weighted by Gasteiger charge is 2.38. The Labute approximate surface area is 417 Å². The van der Waals surface area contributed by atoms with E-state index in [1.54, 1.807) is 52.0 Å². The number of benzene rings is 1. The lowest BCUT2D eigenvalue weighted by atomic mass is 9.94. The maximum atomic E-state index is 14.6. The first-order valence-corrected chi connectivity index (χ1v) is 25.9. The first kappa shape index (κ1) is 60.6. The summed E-state index contributed by atoms with van der Waals surface area (Å²) in [7, 11) is 0. The van der Waals surface area contributed by atoms with Gasteiger partial charge in [-0.3, -0.25) is 43.2 Å². The predicted molar refractivity (Wildman–Crippen MR) is 270 cm³/mol. The number of carbonyl (C=O) groups excluding carboxylic acids is 9. The Kier molecular flexibility index (Phi) is 26.8. The smallest absolute Gasteiger partial charge is 0.243 e. The van der Waals surface area contributed by atoms with Gasteiger partial charge in [0.2, 0.25) is 53.2 Å². The lowest BCUT2D eigenvalue weighted by Crippen LogP contribution is -2.63. The molecule has 6 unspecified atom stereocenters. The molecule has 0 aromatic heterocycles. The van der Waals surface area contributed by atoms with Gasteiger partial charge in [0.25, 0.3) is 0 Å². The summed E-state index contributed by atoms with van der Waals surface area (Å²) in [6, 6.07) is -0.299. The van der Waals surface area contributed by atoms with Crippen LogP contribution < -0.4 is 47.9 Å². The molecule has 1 aliphatic heterocycles. The maximum Gasteiger partial charge on any atom is 0.243 e. The van der Waals surface area contributed by atoms with Gasteiger partial charge in [0.05, 0.1) is 0 Å². The molecule has 0 saturated carbocycles. The zero-order valence-corrected chi connectivity index (χ0v) is 44.1. The third-order valence-corrected chi connectivity index (χ3v) is 13.5. The molecule has 12 atom stereocenters. The van der Waals surface area contributed by atoms with Crippen molar-refractivity contribution in [3.05, 3.63) is 35.9 Å². The molecule has 9 N–H and O–H groups in total. The molecule has 70 heavy (non-hydrogen) atoms. The fraction of sp³-hybridized carbons (Fsp3) is 0.712. The van der Waals surface area contributed by atoms with Gasteiger partial charge in [-0.1, -0.05) is 132 Å². The zero-order chi connectivity index (χ0) is 52.7. The second-order valence-electron chi connectivity index (χ2n) is 19.8. The molecule has 18 heteroatoms. The first-order chi connectivity index (χ1) is 33.1. The van der Waals surface area contributed by atoms with E-state index in [0.29, 0.717) is 63.5 Å². The lowest BCUT2D eigenvalue weighted by molar-refractivity contribution is -0.138. The summed E-state index contributed by atoms with van der Waals surface area (Å²) in [4.78, 5) is 127. The molecule has 1 heterocycles. The molecule has 0 spiro atoms. The number of amides is 9. The molecule has 394 valence electrons. The molecular formula is C52H87N9O9. The van der Waals surface area contributed by atoms with Crippen molar-refractivity contribution in [2.45, 2.75) is 202 Å². The summed E-state index contributed by atoms with van der Waals surface area (Å²) in [5.41, 5.74) is 0.712. The minimum absolute atomic E-state index is 0.0293. The van der Waals surface area contributed by atoms with E-state index >= 15 is 0 Å². The lowest BCUT2D eigenvalue weighted by Gasteiger charge is -2.32. The summed E-state index contributed by atoms with van der Waals surface area (Å²) in [5, 5.41) is 25.5. The van der Waals surface area contributed by atoms with Crippen molar-refractivity contribution in [1.82, 2.24) is 47.9 Å². The number of unbranched alkanes of at least 4 members (excludes halogenated alkanes) is 1. The molecule has 1 aromatic rings. The molecule has 1 fully saturated rings. The average Bonchev–Trinajstić information content (AvgIpc) is 3.33. The number of hydrogen-bond donors (Lipinski definition) is 9. The molecule has 9 amide bonds. The van der Waals surface area contributed by atoms with Crippen LogP contribution in [0.25, 0.3) is 0 Å². The van der Waals surface area contributed by atoms with Crippen molar-refractivity contribution in [2.24, 2.45) is 29.6 Å². The van der Waals surface area contributed by atoms with Crippen LogP contribution in [0.15, 0.2) is 30.3 Å². The molecule has 0 radical (unpaired) electrons. The zero-order valence-electron chi connectivity index (χ0n) is 44.1. The van der Waals surface area contributed by atoms with E-state index in [0.717, 1.165) is 0 Å². The third kappa shape index (κ3) is 19.7. The largest absolute Gasteiger partial charge is 0.356 e. The van der Waals surface area contributed by atoms with Gasteiger partial charge >= 0.3 is 0 Å². The van der Waals surface area contributed by atoms with Gasteiger partial charge in [-0.25, -0.2) is 0 Å². The normalized spacial score (nSPS) is 25.8. The third-order valence-electron chi connectivity index (χ3n) is 13.5. The SMILES string of the molecule is CCCC(=O)NCCCC[C@@H]1NC(=O)C(C(C)CC)NC(=O)C(C(C)CC)NC(=O)[C@@H](C)NC(=O)C(C(C)CC)NC(=O)[C@@H](CC(C)C)NC(=O)[C@@H](Cc2ccccc2)NC(=O)[C@H]([C@@H](C)CC)NC1=O. The fourth-order valence-corrected chi connectivity index (χ4v) is 8.05. The van der Waals surface area contributed by atoms with Crippen LogP contribution >= 0.6 is 0 Å². The van der Waals surface area contributed by atoms with Crippen molar-refractivity contribution in [1.29, 1.82) is 0 Å². The van der Waals surface area contributed by atoms with Crippen molar-refractivity contribution < 1.29 is 43.2 Å². The minimum Gasteiger partial charge on any atom is -0.356 e. The average molecular weight is 982 g/mol. The van der Waals surface area contributed by atoms with E-state index in [1.807, 2.05) is 54.5 Å². The first-order valence-electron chi connectivity index (χ1n) is 25.9. The van der Waals surface area contributed by atoms with E-state index in [1.165, 1.54) is 6.92 Å². The van der Waals surface area contributed by atoms with E-state index in [2.05, 4.69) is 47.9 Å². The van der Waals surface area contributed by atoms with E-state index in [9.17, 15) is 43.2 Å². The van der Waals surface area contributed by atoms with Crippen LogP contribution in [-0.4, -0.2) is 108 Å². The Bertz CT molecular complexity index is 1880. The Morgan fingerprint density at radius 1 is 0.500 bits per heavy atom. The molecule has 0 aliphatic carbocycles. The van der Waals surface area contributed by atoms with Gasteiger partial charge in [-0.05, 0) is 74.2 Å². The van der Waals surface area contributed by atoms with Crippen LogP contribution in [0.3, 0.4) is 0 Å². The molecule has 1 aromatic carbocycles. The van der Waals surface area contributed by atoms with Crippen LogP contribution in [0.1, 0.15) is 153 Å². The standard InChI is InChI=1S/C52H87N9O9/c1-13-23-40(62)53-27-22-21-26-37-46(64)59-42(32(9)15-3)51(69)57-39(29-36-24-19-18-20-25-36)47(65)56-38(28-30(6)7)48(66)60-41(31(8)14-2)49(67)54-35(12)45(63)58-44(34(11)17-5)52(70)61-43(33(10)16-4)50(68)55-37/h18-20,24-25,30-35,37-39,41-44H,13-17,21-23,26-29H2,1-12H3,(H,53,62)(H,54,67)(H,55,68)(H,56,65)(H,57,69)(H,58,63)(H,59,64)(H,60,66)(H,61,70)/t31?,32-,33?,34?,35+,37-,38+,39+,41?,42-,43?,44?/m0/s1. The molecule has 0 bridgehead atoms. The Morgan fingerprint density at radius 2 is 0.900 bits per heavy atom. The van der Waals surface area contributed by atoms with Crippen molar-refractivity contribution >= 4 is 53.2 Å². The molecule has 18 nitrogen and oxygen atoms in total. The van der Waals surface area contributed by atoms with Crippen LogP contribution in [0.4, 0.5) is 0 Å². The summed E-state index contributed by atoms with van der Waals surface area (Å²) in [6.45, 7) is 22.0. The monoisotopic (exact) mass is 982 g/mol. The fourth-order valence-electron chi connectivity index (χ4n) is 8.05. The predicted octanol–water partition coefficient (Wildman–Crippen LogP) is 3.46. The summed E-state index contributed by atoms with van der Waals surface area (Å²) in [6.07, 6.45) is 4.10. The highest BCUT2D eigenvalue weighted by molar-refractivity contribution is 5.99. The van der Waals surface area contributed by atoms with Gasteiger partial charge < -0.3 is 47.9 Å². The van der Waals surface area contributed by atoms with E-state index in [4.69, 9.17) is 0 Å². The van der Waals surface area contributed by atoms with Gasteiger partial charge in [0, 0.05) is 19.4 Å². The van der Waals surface area contributed by atoms with Gasteiger partial charge in [0.15, 0.2) is 0 Å². The number of nitrogens with one attached hydrogen (secondary N) is 9. The topological polar surface area (TPSA) is 262 Å². The Morgan fingerprint density at radius 3 is 1.37 bits per heavy atom. The van der Waals surface area contributed by atoms with Crippen LogP contribution in [0, 0.1) is 29.6 Å². The van der Waals surface area contributed by atoms with Crippen molar-refractivity contribution in [3.63, 3.8) is 0 Å². The highest BCUT2D eigenvalue weighted by atomic mass is 16.2. The molecular weight excluding hydrogens is 895 g/mol. The maximum absolute atomic E-state index is 14.6. The summed E-state index contributed by atoms with van der Waals surface area (Å²) in [5.74, 6) is -7.15. The van der Waals surface area contributed by atoms with Crippen molar-refractivity contribution in [3.8, 4) is 0 Å². The van der Waals surface area contributed by atoms with Gasteiger partial charge in [-0.15, -0.1) is 0 Å². The second kappa shape index (κ2) is 30.9. The number of rotatable bonds is 19. The summed E-state index contributed by atoms with van der Waals surface area (Å²) >= 11 is 0. The van der Waals surface area contributed by atoms with Gasteiger partial charge in [-0.2, -0.15) is 0 Å². The number of hydrogen-bond acceptors (Lipinski definition) is 9. The van der Waals surface area contributed by atoms with Crippen LogP contribution in [0.5, 0.6) is 0 Å². The molecule has 1 aliphatic rings. The number of carbonyl (C=O) groups is 9. The second-order valence-corrected chi connectivity index (χ2v) is 19.8. The molecule has 2 rings (SSSR count). The van der Waals surface area contributed by atoms with Crippen molar-refractivity contribution in [2.75, 3.05) is 6.54 Å². The minimum atomic E-state index is -1.23. The Balaban J connectivity index is 2.81. The van der Waals surface area contributed by atoms with E-state index < -0.39 is 119 Å². The molecule has 1 saturated heterocycles.